The molecule has 0 bridgehead atoms. The van der Waals surface area contributed by atoms with Crippen LogP contribution in [0.2, 0.25) is 0 Å². The molecule has 3 nitrogen and oxygen atoms in total. The minimum atomic E-state index is 0.349. The maximum Gasteiger partial charge on any atom is 0.223 e. The first-order valence-electron chi connectivity index (χ1n) is 7.68. The molecule has 1 amide bonds. The van der Waals surface area contributed by atoms with Crippen LogP contribution in [0.5, 0.6) is 0 Å². The molecule has 0 atom stereocenters. The highest BCUT2D eigenvalue weighted by molar-refractivity contribution is 5.76. The zero-order valence-corrected chi connectivity index (χ0v) is 12.0. The monoisotopic (exact) mass is 252 g/mol. The Labute approximate surface area is 111 Å². The summed E-state index contributed by atoms with van der Waals surface area (Å²) < 4.78 is 0. The van der Waals surface area contributed by atoms with Crippen LogP contribution < -0.4 is 5.32 Å². The lowest BCUT2D eigenvalue weighted by atomic mass is 9.74. The molecule has 1 heterocycles. The molecule has 0 radical (unpaired) electrons. The zero-order valence-electron chi connectivity index (χ0n) is 12.0. The number of likely N-dealkylation sites (tertiary alicyclic amines) is 1. The number of nitrogens with one attached hydrogen (secondary N) is 1. The van der Waals surface area contributed by atoms with Crippen molar-refractivity contribution < 1.29 is 4.79 Å². The Hall–Kier alpha value is -0.570. The van der Waals surface area contributed by atoms with Crippen LogP contribution in [0.25, 0.3) is 0 Å². The van der Waals surface area contributed by atoms with Gasteiger partial charge in [0.05, 0.1) is 0 Å². The number of nitrogens with zero attached hydrogens (tertiary/aromatic N) is 1. The summed E-state index contributed by atoms with van der Waals surface area (Å²) in [7, 11) is 0. The van der Waals surface area contributed by atoms with Crippen molar-refractivity contribution in [1.82, 2.24) is 10.2 Å². The summed E-state index contributed by atoms with van der Waals surface area (Å²) in [6.07, 6.45) is 6.96. The van der Waals surface area contributed by atoms with E-state index in [9.17, 15) is 4.79 Å². The quantitative estimate of drug-likeness (QED) is 0.815. The molecular formula is C15H28N2O. The smallest absolute Gasteiger partial charge is 0.223 e. The van der Waals surface area contributed by atoms with Gasteiger partial charge in [-0.2, -0.15) is 0 Å². The second-order valence-electron chi connectivity index (χ2n) is 6.32. The lowest BCUT2D eigenvalue weighted by molar-refractivity contribution is -0.132. The molecule has 2 aliphatic rings. The predicted molar refractivity (Wildman–Crippen MR) is 74.4 cm³/mol. The van der Waals surface area contributed by atoms with Crippen molar-refractivity contribution in [2.45, 2.75) is 58.4 Å². The van der Waals surface area contributed by atoms with E-state index in [4.69, 9.17) is 0 Å². The summed E-state index contributed by atoms with van der Waals surface area (Å²) in [5, 5.41) is 3.53. The van der Waals surface area contributed by atoms with Gasteiger partial charge in [0, 0.05) is 32.1 Å². The van der Waals surface area contributed by atoms with Crippen molar-refractivity contribution in [3.05, 3.63) is 0 Å². The average Bonchev–Trinajstić information content (AvgIpc) is 2.32. The fraction of sp³-hybridized carbons (Fsp3) is 0.933. The van der Waals surface area contributed by atoms with Crippen LogP contribution in [-0.4, -0.2) is 36.5 Å². The topological polar surface area (TPSA) is 32.3 Å². The molecule has 0 unspecified atom stereocenters. The Morgan fingerprint density at radius 3 is 2.50 bits per heavy atom. The molecule has 104 valence electrons. The van der Waals surface area contributed by atoms with Gasteiger partial charge in [0.15, 0.2) is 0 Å². The summed E-state index contributed by atoms with van der Waals surface area (Å²) in [5.41, 5.74) is 0. The zero-order chi connectivity index (χ0) is 13.0. The molecule has 1 aliphatic heterocycles. The minimum Gasteiger partial charge on any atom is -0.343 e. The van der Waals surface area contributed by atoms with Gasteiger partial charge in [0.1, 0.15) is 0 Å². The average molecular weight is 252 g/mol. The van der Waals surface area contributed by atoms with Gasteiger partial charge in [-0.15, -0.1) is 0 Å². The van der Waals surface area contributed by atoms with E-state index >= 15 is 0 Å². The summed E-state index contributed by atoms with van der Waals surface area (Å²) in [4.78, 5) is 14.0. The van der Waals surface area contributed by atoms with Crippen LogP contribution >= 0.6 is 0 Å². The third-order valence-electron chi connectivity index (χ3n) is 4.60. The van der Waals surface area contributed by atoms with E-state index in [1.165, 1.54) is 32.1 Å². The first-order valence-corrected chi connectivity index (χ1v) is 7.68. The molecule has 18 heavy (non-hydrogen) atoms. The Balaban J connectivity index is 1.54. The van der Waals surface area contributed by atoms with Crippen LogP contribution in [0.3, 0.4) is 0 Å². The van der Waals surface area contributed by atoms with Crippen LogP contribution in [0.4, 0.5) is 0 Å². The van der Waals surface area contributed by atoms with E-state index in [1.54, 1.807) is 0 Å². The third-order valence-corrected chi connectivity index (χ3v) is 4.60. The van der Waals surface area contributed by atoms with E-state index in [1.807, 2.05) is 4.90 Å². The van der Waals surface area contributed by atoms with Crippen LogP contribution in [0.1, 0.15) is 52.4 Å². The molecule has 2 rings (SSSR count). The second kappa shape index (κ2) is 6.55. The Kier molecular flexibility index (Phi) is 5.04. The van der Waals surface area contributed by atoms with Crippen molar-refractivity contribution in [2.24, 2.45) is 11.8 Å². The Morgan fingerprint density at radius 2 is 1.89 bits per heavy atom. The number of carbonyl (C=O) groups is 1. The lowest BCUT2D eigenvalue weighted by Gasteiger charge is -2.38. The van der Waals surface area contributed by atoms with E-state index in [2.05, 4.69) is 19.2 Å². The van der Waals surface area contributed by atoms with Gasteiger partial charge in [0.2, 0.25) is 5.91 Å². The minimum absolute atomic E-state index is 0.349. The van der Waals surface area contributed by atoms with Gasteiger partial charge < -0.3 is 10.2 Å². The van der Waals surface area contributed by atoms with Crippen molar-refractivity contribution in [3.8, 4) is 0 Å². The standard InChI is InChI=1S/C15H28N2O/c1-12(2)13-10-14(11-13)16-7-6-15(18)17-8-4-3-5-9-17/h12-14,16H,3-11H2,1-2H3. The molecule has 1 aliphatic carbocycles. The van der Waals surface area contributed by atoms with Gasteiger partial charge in [0.25, 0.3) is 0 Å². The number of rotatable bonds is 5. The summed E-state index contributed by atoms with van der Waals surface area (Å²) in [5.74, 6) is 2.07. The molecular weight excluding hydrogens is 224 g/mol. The summed E-state index contributed by atoms with van der Waals surface area (Å²) in [6.45, 7) is 7.45. The predicted octanol–water partition coefficient (Wildman–Crippen LogP) is 2.41. The van der Waals surface area contributed by atoms with Crippen molar-refractivity contribution in [2.75, 3.05) is 19.6 Å². The molecule has 1 N–H and O–H groups in total. The highest BCUT2D eigenvalue weighted by Gasteiger charge is 2.30. The second-order valence-corrected chi connectivity index (χ2v) is 6.32. The van der Waals surface area contributed by atoms with Gasteiger partial charge in [-0.1, -0.05) is 13.8 Å². The molecule has 0 aromatic rings. The third kappa shape index (κ3) is 3.71. The van der Waals surface area contributed by atoms with E-state index in [0.29, 0.717) is 18.4 Å². The van der Waals surface area contributed by atoms with Crippen molar-refractivity contribution >= 4 is 5.91 Å². The fourth-order valence-electron chi connectivity index (χ4n) is 3.06. The number of amides is 1. The van der Waals surface area contributed by atoms with Gasteiger partial charge in [-0.05, 0) is 43.9 Å². The van der Waals surface area contributed by atoms with Gasteiger partial charge in [-0.25, -0.2) is 0 Å². The van der Waals surface area contributed by atoms with Crippen LogP contribution in [0, 0.1) is 11.8 Å². The molecule has 0 spiro atoms. The first kappa shape index (κ1) is 13.9. The first-order chi connectivity index (χ1) is 8.66. The molecule has 0 aromatic heterocycles. The van der Waals surface area contributed by atoms with Gasteiger partial charge in [-0.3, -0.25) is 4.79 Å². The van der Waals surface area contributed by atoms with Crippen LogP contribution in [-0.2, 0) is 4.79 Å². The summed E-state index contributed by atoms with van der Waals surface area (Å²) in [6, 6.07) is 0.673. The molecule has 3 heteroatoms. The van der Waals surface area contributed by atoms with E-state index < -0.39 is 0 Å². The van der Waals surface area contributed by atoms with Crippen molar-refractivity contribution in [1.29, 1.82) is 0 Å². The number of piperidine rings is 1. The van der Waals surface area contributed by atoms with Crippen LogP contribution in [0.15, 0.2) is 0 Å². The number of hydrogen-bond donors (Lipinski definition) is 1. The fourth-order valence-corrected chi connectivity index (χ4v) is 3.06. The molecule has 1 saturated heterocycles. The maximum absolute atomic E-state index is 11.9. The highest BCUT2D eigenvalue weighted by Crippen LogP contribution is 2.33. The lowest BCUT2D eigenvalue weighted by Crippen LogP contribution is -2.44. The van der Waals surface area contributed by atoms with Crippen molar-refractivity contribution in [3.63, 3.8) is 0 Å². The van der Waals surface area contributed by atoms with E-state index in [0.717, 1.165) is 31.5 Å². The summed E-state index contributed by atoms with van der Waals surface area (Å²) >= 11 is 0. The molecule has 0 aromatic carbocycles. The van der Waals surface area contributed by atoms with Gasteiger partial charge >= 0.3 is 0 Å². The largest absolute Gasteiger partial charge is 0.343 e. The molecule has 2 fully saturated rings. The van der Waals surface area contributed by atoms with E-state index in [-0.39, 0.29) is 0 Å². The Bertz CT molecular complexity index is 266. The number of carbonyl (C=O) groups excluding carboxylic acids is 1. The SMILES string of the molecule is CC(C)C1CC(NCCC(=O)N2CCCCC2)C1. The number of hydrogen-bond acceptors (Lipinski definition) is 2. The molecule has 1 saturated carbocycles. The highest BCUT2D eigenvalue weighted by atomic mass is 16.2. The Morgan fingerprint density at radius 1 is 1.22 bits per heavy atom. The maximum atomic E-state index is 11.9. The normalized spacial score (nSPS) is 28.3.